The summed E-state index contributed by atoms with van der Waals surface area (Å²) in [6, 6.07) is 7.04. The lowest BCUT2D eigenvalue weighted by Gasteiger charge is -2.34. The van der Waals surface area contributed by atoms with Gasteiger partial charge in [-0.25, -0.2) is 4.85 Å². The second-order valence-electron chi connectivity index (χ2n) is 5.18. The van der Waals surface area contributed by atoms with Crippen molar-refractivity contribution in [2.24, 2.45) is 0 Å². The maximum atomic E-state index is 6.99. The number of allylic oxidation sites excluding steroid dienone is 2. The first-order valence-electron chi connectivity index (χ1n) is 5.99. The minimum atomic E-state index is -1.51. The standard InChI is InChI=1S/C14H7Cl6N/c1-21-8-4-2-7(3-5-8)9-6-12(17)10(15)11(16)13(9,18)14(12,19)20/h2-5,9H,6H2. The van der Waals surface area contributed by atoms with Crippen LogP contribution in [0.15, 0.2) is 34.3 Å². The van der Waals surface area contributed by atoms with E-state index >= 15 is 0 Å². The fourth-order valence-electron chi connectivity index (χ4n) is 3.04. The van der Waals surface area contributed by atoms with Crippen molar-refractivity contribution < 1.29 is 0 Å². The van der Waals surface area contributed by atoms with Gasteiger partial charge in [-0.3, -0.25) is 0 Å². The molecule has 0 saturated heterocycles. The Kier molecular flexibility index (Phi) is 3.70. The van der Waals surface area contributed by atoms with Crippen molar-refractivity contribution in [1.82, 2.24) is 0 Å². The molecule has 0 N–H and O–H groups in total. The van der Waals surface area contributed by atoms with Gasteiger partial charge in [-0.05, 0) is 12.0 Å². The molecule has 0 heterocycles. The minimum Gasteiger partial charge on any atom is -0.238 e. The molecule has 2 aliphatic rings. The number of fused-ring (bicyclic) bond motifs is 2. The van der Waals surface area contributed by atoms with E-state index in [-0.39, 0.29) is 16.0 Å². The number of hydrogen-bond donors (Lipinski definition) is 0. The highest BCUT2D eigenvalue weighted by molar-refractivity contribution is 6.65. The summed E-state index contributed by atoms with van der Waals surface area (Å²) in [6.45, 7) is 6.99. The van der Waals surface area contributed by atoms with Gasteiger partial charge in [-0.1, -0.05) is 70.7 Å². The summed E-state index contributed by atoms with van der Waals surface area (Å²) in [5.41, 5.74) is 1.40. The van der Waals surface area contributed by atoms with Gasteiger partial charge in [0.2, 0.25) is 0 Å². The number of alkyl halides is 4. The van der Waals surface area contributed by atoms with Gasteiger partial charge in [0.25, 0.3) is 0 Å². The quantitative estimate of drug-likeness (QED) is 0.371. The van der Waals surface area contributed by atoms with Crippen LogP contribution in [-0.2, 0) is 0 Å². The monoisotopic (exact) mass is 399 g/mol. The Hall–Kier alpha value is 0.190. The van der Waals surface area contributed by atoms with E-state index in [4.69, 9.17) is 76.2 Å². The normalized spacial score (nSPS) is 36.9. The lowest BCUT2D eigenvalue weighted by molar-refractivity contribution is 0.601. The molecule has 0 aromatic heterocycles. The topological polar surface area (TPSA) is 4.36 Å². The SMILES string of the molecule is [C-]#[N+]c1ccc(C2CC3(Cl)C(Cl)=C(Cl)C2(Cl)C3(Cl)Cl)cc1. The van der Waals surface area contributed by atoms with E-state index in [9.17, 15) is 0 Å². The summed E-state index contributed by atoms with van der Waals surface area (Å²) in [4.78, 5) is 0.865. The third-order valence-corrected chi connectivity index (χ3v) is 8.48. The first-order chi connectivity index (χ1) is 9.70. The fraction of sp³-hybridized carbons (Fsp3) is 0.357. The smallest absolute Gasteiger partial charge is 0.187 e. The van der Waals surface area contributed by atoms with Crippen molar-refractivity contribution in [3.05, 3.63) is 51.3 Å². The van der Waals surface area contributed by atoms with Crippen LogP contribution >= 0.6 is 69.6 Å². The van der Waals surface area contributed by atoms with Gasteiger partial charge < -0.3 is 0 Å². The van der Waals surface area contributed by atoms with Crippen LogP contribution < -0.4 is 0 Å². The van der Waals surface area contributed by atoms with Crippen LogP contribution in [0.5, 0.6) is 0 Å². The predicted octanol–water partition coefficient (Wildman–Crippen LogP) is 6.56. The molecule has 3 atom stereocenters. The maximum absolute atomic E-state index is 6.99. The average Bonchev–Trinajstić information content (AvgIpc) is 2.69. The largest absolute Gasteiger partial charge is 0.238 e. The summed E-state index contributed by atoms with van der Waals surface area (Å²) in [5, 5.41) is 0.399. The second-order valence-corrected chi connectivity index (χ2v) is 8.50. The predicted molar refractivity (Wildman–Crippen MR) is 90.4 cm³/mol. The zero-order valence-electron chi connectivity index (χ0n) is 10.3. The second kappa shape index (κ2) is 4.84. The molecule has 7 heteroatoms. The maximum Gasteiger partial charge on any atom is 0.187 e. The van der Waals surface area contributed by atoms with Gasteiger partial charge in [0, 0.05) is 5.92 Å². The van der Waals surface area contributed by atoms with Crippen molar-refractivity contribution in [3.8, 4) is 0 Å². The van der Waals surface area contributed by atoms with Crippen LogP contribution in [0.2, 0.25) is 0 Å². The zero-order chi connectivity index (χ0) is 15.6. The molecule has 0 spiro atoms. The van der Waals surface area contributed by atoms with Gasteiger partial charge in [0.15, 0.2) is 10.0 Å². The highest BCUT2D eigenvalue weighted by Crippen LogP contribution is 2.76. The molecule has 1 saturated carbocycles. The van der Waals surface area contributed by atoms with Gasteiger partial charge >= 0.3 is 0 Å². The highest BCUT2D eigenvalue weighted by atomic mass is 35.5. The molecule has 3 rings (SSSR count). The number of benzene rings is 1. The van der Waals surface area contributed by atoms with Crippen molar-refractivity contribution in [2.75, 3.05) is 0 Å². The van der Waals surface area contributed by atoms with Gasteiger partial charge in [0.1, 0.15) is 9.75 Å². The summed E-state index contributed by atoms with van der Waals surface area (Å²) < 4.78 is -1.51. The molecular weight excluding hydrogens is 395 g/mol. The molecule has 110 valence electrons. The molecule has 0 radical (unpaired) electrons. The van der Waals surface area contributed by atoms with Crippen molar-refractivity contribution in [3.63, 3.8) is 0 Å². The minimum absolute atomic E-state index is 0.191. The Labute approximate surface area is 152 Å². The lowest BCUT2D eigenvalue weighted by Crippen LogP contribution is -2.43. The molecule has 0 aliphatic heterocycles. The molecule has 2 bridgehead atoms. The van der Waals surface area contributed by atoms with Crippen molar-refractivity contribution in [1.29, 1.82) is 0 Å². The summed E-state index contributed by atoms with van der Waals surface area (Å²) in [6.07, 6.45) is 0.372. The summed E-state index contributed by atoms with van der Waals surface area (Å²) >= 11 is 38.7. The Morgan fingerprint density at radius 1 is 1.00 bits per heavy atom. The number of nitrogens with zero attached hydrogens (tertiary/aromatic N) is 1. The van der Waals surface area contributed by atoms with E-state index in [0.29, 0.717) is 12.1 Å². The van der Waals surface area contributed by atoms with E-state index in [1.807, 2.05) is 12.1 Å². The van der Waals surface area contributed by atoms with E-state index in [1.165, 1.54) is 0 Å². The molecule has 2 aliphatic carbocycles. The Morgan fingerprint density at radius 2 is 1.57 bits per heavy atom. The van der Waals surface area contributed by atoms with Crippen LogP contribution in [-0.4, -0.2) is 14.1 Å². The molecule has 1 aromatic rings. The van der Waals surface area contributed by atoms with E-state index in [1.54, 1.807) is 12.1 Å². The third-order valence-electron chi connectivity index (χ3n) is 4.20. The molecule has 1 fully saturated rings. The Balaban J connectivity index is 2.14. The van der Waals surface area contributed by atoms with E-state index < -0.39 is 14.1 Å². The average molecular weight is 402 g/mol. The first-order valence-corrected chi connectivity index (χ1v) is 8.26. The van der Waals surface area contributed by atoms with E-state index in [0.717, 1.165) is 5.56 Å². The number of halogens is 6. The lowest BCUT2D eigenvalue weighted by atomic mass is 9.85. The molecule has 1 nitrogen and oxygen atoms in total. The third kappa shape index (κ3) is 1.78. The zero-order valence-corrected chi connectivity index (χ0v) is 14.8. The number of hydrogen-bond acceptors (Lipinski definition) is 0. The number of rotatable bonds is 1. The molecule has 3 unspecified atom stereocenters. The highest BCUT2D eigenvalue weighted by Gasteiger charge is 2.78. The van der Waals surface area contributed by atoms with Crippen molar-refractivity contribution in [2.45, 2.75) is 26.4 Å². The Morgan fingerprint density at radius 3 is 2.00 bits per heavy atom. The van der Waals surface area contributed by atoms with Crippen LogP contribution in [0.4, 0.5) is 5.69 Å². The van der Waals surface area contributed by atoms with Crippen molar-refractivity contribution >= 4 is 75.3 Å². The molecule has 21 heavy (non-hydrogen) atoms. The van der Waals surface area contributed by atoms with Gasteiger partial charge in [-0.15, -0.1) is 23.2 Å². The molecular formula is C14H7Cl6N. The van der Waals surface area contributed by atoms with Crippen LogP contribution in [0.1, 0.15) is 17.9 Å². The fourth-order valence-corrected chi connectivity index (χ4v) is 5.83. The molecule has 1 aromatic carbocycles. The molecule has 0 amide bonds. The van der Waals surface area contributed by atoms with Crippen LogP contribution in [0, 0.1) is 6.57 Å². The summed E-state index contributed by atoms with van der Waals surface area (Å²) in [5.74, 6) is -0.290. The van der Waals surface area contributed by atoms with Crippen LogP contribution in [0.3, 0.4) is 0 Å². The summed E-state index contributed by atoms with van der Waals surface area (Å²) in [7, 11) is 0. The Bertz CT molecular complexity index is 688. The van der Waals surface area contributed by atoms with E-state index in [2.05, 4.69) is 4.85 Å². The van der Waals surface area contributed by atoms with Gasteiger partial charge in [0.05, 0.1) is 16.6 Å². The van der Waals surface area contributed by atoms with Gasteiger partial charge in [-0.2, -0.15) is 0 Å². The van der Waals surface area contributed by atoms with Crippen LogP contribution in [0.25, 0.3) is 4.85 Å². The first kappa shape index (κ1) is 16.1.